The fourth-order valence-electron chi connectivity index (χ4n) is 5.51. The van der Waals surface area contributed by atoms with Crippen LogP contribution in [0.25, 0.3) is 11.1 Å². The Balaban J connectivity index is 1.14. The Hall–Kier alpha value is -2.05. The summed E-state index contributed by atoms with van der Waals surface area (Å²) < 4.78 is 0. The quantitative estimate of drug-likeness (QED) is 0.243. The van der Waals surface area contributed by atoms with Crippen LogP contribution in [0.3, 0.4) is 0 Å². The smallest absolute Gasteiger partial charge is 0.0406 e. The summed E-state index contributed by atoms with van der Waals surface area (Å²) in [5.41, 5.74) is 7.02. The molecule has 0 bridgehead atoms. The minimum atomic E-state index is 0.793. The number of rotatable bonds is 11. The second-order valence-corrected chi connectivity index (χ2v) is 10.9. The van der Waals surface area contributed by atoms with Gasteiger partial charge in [-0.2, -0.15) is 0 Å². The van der Waals surface area contributed by atoms with E-state index in [1.54, 1.807) is 0 Å². The molecule has 0 saturated heterocycles. The van der Waals surface area contributed by atoms with Gasteiger partial charge in [-0.05, 0) is 90.3 Å². The van der Waals surface area contributed by atoms with E-state index in [0.29, 0.717) is 0 Å². The molecule has 0 unspecified atom stereocenters. The van der Waals surface area contributed by atoms with Gasteiger partial charge in [-0.1, -0.05) is 118 Å². The van der Waals surface area contributed by atoms with Crippen molar-refractivity contribution in [3.63, 3.8) is 0 Å². The largest absolute Gasteiger partial charge is 0.0843 e. The Morgan fingerprint density at radius 3 is 1.44 bits per heavy atom. The number of aryl methyl sites for hydroxylation is 3. The van der Waals surface area contributed by atoms with Crippen molar-refractivity contribution >= 4 is 11.6 Å². The summed E-state index contributed by atoms with van der Waals surface area (Å²) in [6.07, 6.45) is 16.1. The first-order chi connectivity index (χ1) is 16.7. The molecule has 0 aromatic heterocycles. The minimum Gasteiger partial charge on any atom is -0.0843 e. The van der Waals surface area contributed by atoms with Crippen LogP contribution >= 0.6 is 11.6 Å². The first kappa shape index (κ1) is 25.1. The third-order valence-electron chi connectivity index (χ3n) is 7.87. The van der Waals surface area contributed by atoms with E-state index in [1.807, 2.05) is 12.1 Å². The maximum atomic E-state index is 6.02. The lowest BCUT2D eigenvalue weighted by atomic mass is 9.77. The number of unbranched alkanes of at least 4 members (excludes halogenated alkanes) is 2. The van der Waals surface area contributed by atoms with Gasteiger partial charge in [0, 0.05) is 5.02 Å². The van der Waals surface area contributed by atoms with E-state index in [1.165, 1.54) is 105 Å². The Labute approximate surface area is 212 Å². The lowest BCUT2D eigenvalue weighted by molar-refractivity contribution is 0.253. The van der Waals surface area contributed by atoms with Crippen molar-refractivity contribution in [2.45, 2.75) is 84.0 Å². The van der Waals surface area contributed by atoms with Gasteiger partial charge in [0.2, 0.25) is 0 Å². The minimum absolute atomic E-state index is 0.793. The van der Waals surface area contributed by atoms with E-state index >= 15 is 0 Å². The van der Waals surface area contributed by atoms with Crippen LogP contribution in [0, 0.1) is 11.8 Å². The number of hydrogen-bond donors (Lipinski definition) is 0. The van der Waals surface area contributed by atoms with Gasteiger partial charge in [0.1, 0.15) is 0 Å². The van der Waals surface area contributed by atoms with Gasteiger partial charge in [0.15, 0.2) is 0 Å². The van der Waals surface area contributed by atoms with E-state index in [9.17, 15) is 0 Å². The van der Waals surface area contributed by atoms with Crippen LogP contribution in [0.2, 0.25) is 5.02 Å². The zero-order valence-electron chi connectivity index (χ0n) is 20.9. The van der Waals surface area contributed by atoms with Crippen molar-refractivity contribution in [2.75, 3.05) is 0 Å². The van der Waals surface area contributed by atoms with Crippen molar-refractivity contribution in [3.8, 4) is 11.1 Å². The summed E-state index contributed by atoms with van der Waals surface area (Å²) in [6.45, 7) is 2.28. The molecular weight excluding hydrogens is 432 g/mol. The van der Waals surface area contributed by atoms with Crippen LogP contribution in [0.1, 0.15) is 81.4 Å². The summed E-state index contributed by atoms with van der Waals surface area (Å²) in [4.78, 5) is 0. The van der Waals surface area contributed by atoms with Gasteiger partial charge < -0.3 is 0 Å². The molecule has 180 valence electrons. The average molecular weight is 473 g/mol. The third-order valence-corrected chi connectivity index (χ3v) is 8.12. The van der Waals surface area contributed by atoms with E-state index in [-0.39, 0.29) is 0 Å². The fourth-order valence-corrected chi connectivity index (χ4v) is 5.63. The van der Waals surface area contributed by atoms with Crippen molar-refractivity contribution in [2.24, 2.45) is 11.8 Å². The lowest BCUT2D eigenvalue weighted by Gasteiger charge is -2.28. The summed E-state index contributed by atoms with van der Waals surface area (Å²) in [5, 5.41) is 0.793. The molecule has 1 aliphatic carbocycles. The van der Waals surface area contributed by atoms with Crippen LogP contribution in [-0.2, 0) is 19.3 Å². The van der Waals surface area contributed by atoms with Crippen molar-refractivity contribution in [1.82, 2.24) is 0 Å². The summed E-state index contributed by atoms with van der Waals surface area (Å²) in [6, 6.07) is 26.7. The Morgan fingerprint density at radius 1 is 0.559 bits per heavy atom. The molecule has 3 aromatic carbocycles. The summed E-state index contributed by atoms with van der Waals surface area (Å²) in [5.74, 6) is 1.84. The molecule has 0 atom stereocenters. The van der Waals surface area contributed by atoms with Gasteiger partial charge in [-0.3, -0.25) is 0 Å². The SMILES string of the molecule is CCCCCc1ccc(CC[C@H]2CC[C@H](CCc3ccc(-c4ccc(Cl)cc4)cc3)CC2)cc1. The fraction of sp³-hybridized carbons (Fsp3) is 0.455. The highest BCUT2D eigenvalue weighted by Gasteiger charge is 2.21. The highest BCUT2D eigenvalue weighted by atomic mass is 35.5. The topological polar surface area (TPSA) is 0 Å². The van der Waals surface area contributed by atoms with Crippen LogP contribution in [-0.4, -0.2) is 0 Å². The summed E-state index contributed by atoms with van der Waals surface area (Å²) in [7, 11) is 0. The van der Waals surface area contributed by atoms with Gasteiger partial charge in [0.25, 0.3) is 0 Å². The Kier molecular flexibility index (Phi) is 9.69. The van der Waals surface area contributed by atoms with Gasteiger partial charge in [-0.15, -0.1) is 0 Å². The lowest BCUT2D eigenvalue weighted by Crippen LogP contribution is -2.15. The summed E-state index contributed by atoms with van der Waals surface area (Å²) >= 11 is 6.02. The standard InChI is InChI=1S/C33H41Cl/c1-2-3-4-5-26-6-8-27(9-7-26)10-11-28-12-14-29(15-13-28)16-17-30-18-20-31(21-19-30)32-22-24-33(34)25-23-32/h6-9,18-25,28-29H,2-5,10-17H2,1H3/t28-,29-. The molecule has 0 N–H and O–H groups in total. The van der Waals surface area contributed by atoms with Crippen LogP contribution in [0.5, 0.6) is 0 Å². The molecule has 1 aliphatic rings. The van der Waals surface area contributed by atoms with E-state index in [4.69, 9.17) is 11.6 Å². The van der Waals surface area contributed by atoms with Crippen LogP contribution in [0.4, 0.5) is 0 Å². The molecule has 3 aromatic rings. The molecule has 4 rings (SSSR count). The second-order valence-electron chi connectivity index (χ2n) is 10.4. The number of benzene rings is 3. The molecule has 1 fully saturated rings. The molecule has 1 saturated carbocycles. The number of halogens is 1. The van der Waals surface area contributed by atoms with Crippen molar-refractivity contribution in [1.29, 1.82) is 0 Å². The number of hydrogen-bond acceptors (Lipinski definition) is 0. The van der Waals surface area contributed by atoms with E-state index < -0.39 is 0 Å². The third kappa shape index (κ3) is 7.74. The average Bonchev–Trinajstić information content (AvgIpc) is 2.89. The second kappa shape index (κ2) is 13.1. The van der Waals surface area contributed by atoms with Gasteiger partial charge in [0.05, 0.1) is 0 Å². The first-order valence-corrected chi connectivity index (χ1v) is 14.0. The zero-order chi connectivity index (χ0) is 23.6. The van der Waals surface area contributed by atoms with Gasteiger partial charge >= 0.3 is 0 Å². The maximum absolute atomic E-state index is 6.02. The molecule has 0 spiro atoms. The van der Waals surface area contributed by atoms with Gasteiger partial charge in [-0.25, -0.2) is 0 Å². The molecule has 0 nitrogen and oxygen atoms in total. The molecule has 0 amide bonds. The normalized spacial score (nSPS) is 18.2. The molecule has 1 heteroatoms. The highest BCUT2D eigenvalue weighted by molar-refractivity contribution is 6.30. The molecular formula is C33H41Cl. The monoisotopic (exact) mass is 472 g/mol. The van der Waals surface area contributed by atoms with Crippen LogP contribution < -0.4 is 0 Å². The van der Waals surface area contributed by atoms with E-state index in [2.05, 4.69) is 67.6 Å². The predicted molar refractivity (Wildman–Crippen MR) is 149 cm³/mol. The maximum Gasteiger partial charge on any atom is 0.0406 e. The zero-order valence-corrected chi connectivity index (χ0v) is 21.7. The van der Waals surface area contributed by atoms with Crippen LogP contribution in [0.15, 0.2) is 72.8 Å². The highest BCUT2D eigenvalue weighted by Crippen LogP contribution is 2.34. The Bertz CT molecular complexity index is 961. The molecule has 0 aliphatic heterocycles. The Morgan fingerprint density at radius 2 is 0.971 bits per heavy atom. The van der Waals surface area contributed by atoms with Crippen molar-refractivity contribution < 1.29 is 0 Å². The molecule has 34 heavy (non-hydrogen) atoms. The first-order valence-electron chi connectivity index (χ1n) is 13.6. The molecule has 0 heterocycles. The van der Waals surface area contributed by atoms with Crippen molar-refractivity contribution in [3.05, 3.63) is 94.5 Å². The van der Waals surface area contributed by atoms with E-state index in [0.717, 1.165) is 16.9 Å². The molecule has 0 radical (unpaired) electrons. The predicted octanol–water partition coefficient (Wildman–Crippen LogP) is 10.1.